The van der Waals surface area contributed by atoms with Gasteiger partial charge in [-0.05, 0) is 13.0 Å². The summed E-state index contributed by atoms with van der Waals surface area (Å²) in [4.78, 5) is 0. The average Bonchev–Trinajstić information content (AvgIpc) is 2.68. The van der Waals surface area contributed by atoms with Crippen molar-refractivity contribution >= 4 is 0 Å². The maximum Gasteiger partial charge on any atom is 0.126 e. The highest BCUT2D eigenvalue weighted by molar-refractivity contribution is 5.44. The molecule has 0 amide bonds. The average molecular weight is 237 g/mol. The van der Waals surface area contributed by atoms with Crippen LogP contribution < -0.4 is 26.1 Å². The van der Waals surface area contributed by atoms with Crippen molar-refractivity contribution in [2.24, 2.45) is 5.73 Å². The van der Waals surface area contributed by atoms with E-state index in [0.717, 1.165) is 17.1 Å². The number of benzene rings is 1. The molecule has 1 fully saturated rings. The van der Waals surface area contributed by atoms with Crippen LogP contribution in [0.2, 0.25) is 0 Å². The quantitative estimate of drug-likeness (QED) is 0.717. The van der Waals surface area contributed by atoms with E-state index in [4.69, 9.17) is 15.2 Å². The molecule has 1 aromatic carbocycles. The fourth-order valence-corrected chi connectivity index (χ4v) is 2.27. The number of rotatable bonds is 3. The SMILES string of the molecule is COc1ccc(C2C(C)NNC2N)c(OC)c1. The van der Waals surface area contributed by atoms with Crippen molar-refractivity contribution in [2.75, 3.05) is 14.2 Å². The van der Waals surface area contributed by atoms with E-state index in [1.54, 1.807) is 14.2 Å². The van der Waals surface area contributed by atoms with Crippen LogP contribution in [0.15, 0.2) is 18.2 Å². The standard InChI is InChI=1S/C12H19N3O2/c1-7-11(12(13)15-14-7)9-5-4-8(16-2)6-10(9)17-3/h4-7,11-12,14-15H,13H2,1-3H3. The number of nitrogens with one attached hydrogen (secondary N) is 2. The molecule has 4 N–H and O–H groups in total. The molecule has 2 rings (SSSR count). The van der Waals surface area contributed by atoms with E-state index in [1.165, 1.54) is 0 Å². The van der Waals surface area contributed by atoms with Gasteiger partial charge in [-0.25, -0.2) is 5.43 Å². The largest absolute Gasteiger partial charge is 0.497 e. The first-order valence-electron chi connectivity index (χ1n) is 5.66. The predicted molar refractivity (Wildman–Crippen MR) is 66.0 cm³/mol. The smallest absolute Gasteiger partial charge is 0.126 e. The van der Waals surface area contributed by atoms with Gasteiger partial charge in [-0.15, -0.1) is 0 Å². The first-order valence-corrected chi connectivity index (χ1v) is 5.66. The van der Waals surface area contributed by atoms with Crippen molar-refractivity contribution in [2.45, 2.75) is 25.0 Å². The van der Waals surface area contributed by atoms with Gasteiger partial charge in [0.25, 0.3) is 0 Å². The summed E-state index contributed by atoms with van der Waals surface area (Å²) in [6.45, 7) is 2.09. The Hall–Kier alpha value is -1.30. The summed E-state index contributed by atoms with van der Waals surface area (Å²) in [6.07, 6.45) is -0.118. The summed E-state index contributed by atoms with van der Waals surface area (Å²) >= 11 is 0. The number of hydrogen-bond donors (Lipinski definition) is 3. The first kappa shape index (κ1) is 12.2. The van der Waals surface area contributed by atoms with E-state index in [1.807, 2.05) is 18.2 Å². The summed E-state index contributed by atoms with van der Waals surface area (Å²) in [5.74, 6) is 1.77. The molecule has 0 aliphatic carbocycles. The number of nitrogens with two attached hydrogens (primary N) is 1. The fraction of sp³-hybridized carbons (Fsp3) is 0.500. The van der Waals surface area contributed by atoms with Gasteiger partial charge < -0.3 is 15.2 Å². The van der Waals surface area contributed by atoms with E-state index in [2.05, 4.69) is 17.8 Å². The molecule has 1 aromatic rings. The molecule has 17 heavy (non-hydrogen) atoms. The van der Waals surface area contributed by atoms with Crippen LogP contribution in [-0.2, 0) is 0 Å². The lowest BCUT2D eigenvalue weighted by Crippen LogP contribution is -2.38. The first-order chi connectivity index (χ1) is 8.17. The van der Waals surface area contributed by atoms with Gasteiger partial charge in [0.2, 0.25) is 0 Å². The number of methoxy groups -OCH3 is 2. The van der Waals surface area contributed by atoms with Gasteiger partial charge in [-0.2, -0.15) is 0 Å². The van der Waals surface area contributed by atoms with Gasteiger partial charge in [0.15, 0.2) is 0 Å². The van der Waals surface area contributed by atoms with Crippen molar-refractivity contribution in [1.82, 2.24) is 10.9 Å². The highest BCUT2D eigenvalue weighted by Gasteiger charge is 2.33. The van der Waals surface area contributed by atoms with Crippen molar-refractivity contribution in [3.05, 3.63) is 23.8 Å². The van der Waals surface area contributed by atoms with E-state index in [-0.39, 0.29) is 18.1 Å². The Bertz CT molecular complexity index is 387. The summed E-state index contributed by atoms with van der Waals surface area (Å²) in [6, 6.07) is 6.07. The van der Waals surface area contributed by atoms with E-state index < -0.39 is 0 Å². The van der Waals surface area contributed by atoms with Crippen LogP contribution in [0.3, 0.4) is 0 Å². The maximum atomic E-state index is 6.04. The second-order valence-electron chi connectivity index (χ2n) is 4.24. The number of hydrazine groups is 1. The molecule has 1 heterocycles. The van der Waals surface area contributed by atoms with Gasteiger partial charge in [0.05, 0.1) is 20.4 Å². The summed E-state index contributed by atoms with van der Waals surface area (Å²) < 4.78 is 10.6. The van der Waals surface area contributed by atoms with Crippen molar-refractivity contribution in [1.29, 1.82) is 0 Å². The van der Waals surface area contributed by atoms with Crippen LogP contribution in [0.4, 0.5) is 0 Å². The third-order valence-corrected chi connectivity index (χ3v) is 3.20. The van der Waals surface area contributed by atoms with E-state index in [9.17, 15) is 0 Å². The Balaban J connectivity index is 2.37. The fourth-order valence-electron chi connectivity index (χ4n) is 2.27. The summed E-state index contributed by atoms with van der Waals surface area (Å²) in [5, 5.41) is 0. The molecule has 0 bridgehead atoms. The van der Waals surface area contributed by atoms with Crippen LogP contribution in [-0.4, -0.2) is 26.4 Å². The molecule has 94 valence electrons. The molecule has 1 aliphatic rings. The molecule has 3 atom stereocenters. The van der Waals surface area contributed by atoms with Crippen LogP contribution in [0.25, 0.3) is 0 Å². The Kier molecular flexibility index (Phi) is 3.51. The van der Waals surface area contributed by atoms with Crippen molar-refractivity contribution in [3.63, 3.8) is 0 Å². The van der Waals surface area contributed by atoms with Gasteiger partial charge in [0, 0.05) is 23.6 Å². The minimum atomic E-state index is -0.118. The Morgan fingerprint density at radius 3 is 2.47 bits per heavy atom. The molecule has 1 aliphatic heterocycles. The zero-order chi connectivity index (χ0) is 12.4. The number of hydrogen-bond acceptors (Lipinski definition) is 5. The normalized spacial score (nSPS) is 28.1. The van der Waals surface area contributed by atoms with Gasteiger partial charge in [-0.3, -0.25) is 5.43 Å². The minimum absolute atomic E-state index is 0.118. The second kappa shape index (κ2) is 4.91. The Morgan fingerprint density at radius 1 is 1.18 bits per heavy atom. The topological polar surface area (TPSA) is 68.5 Å². The molecule has 3 unspecified atom stereocenters. The highest BCUT2D eigenvalue weighted by Crippen LogP contribution is 2.34. The molecule has 0 saturated carbocycles. The highest BCUT2D eigenvalue weighted by atomic mass is 16.5. The number of ether oxygens (including phenoxy) is 2. The van der Waals surface area contributed by atoms with Gasteiger partial charge in [-0.1, -0.05) is 6.07 Å². The zero-order valence-corrected chi connectivity index (χ0v) is 10.4. The monoisotopic (exact) mass is 237 g/mol. The Labute approximate surface area is 101 Å². The predicted octanol–water partition coefficient (Wildman–Crippen LogP) is 0.569. The summed E-state index contributed by atoms with van der Waals surface area (Å²) in [7, 11) is 3.30. The van der Waals surface area contributed by atoms with E-state index in [0.29, 0.717) is 0 Å². The third-order valence-electron chi connectivity index (χ3n) is 3.20. The van der Waals surface area contributed by atoms with Crippen LogP contribution in [0.1, 0.15) is 18.4 Å². The molecule has 5 heteroatoms. The van der Waals surface area contributed by atoms with Crippen LogP contribution >= 0.6 is 0 Å². The molecular formula is C12H19N3O2. The maximum absolute atomic E-state index is 6.04. The van der Waals surface area contributed by atoms with Crippen LogP contribution in [0.5, 0.6) is 11.5 Å². The van der Waals surface area contributed by atoms with Crippen molar-refractivity contribution < 1.29 is 9.47 Å². The van der Waals surface area contributed by atoms with Crippen molar-refractivity contribution in [3.8, 4) is 11.5 Å². The minimum Gasteiger partial charge on any atom is -0.497 e. The molecule has 0 radical (unpaired) electrons. The lowest BCUT2D eigenvalue weighted by atomic mass is 9.91. The van der Waals surface area contributed by atoms with E-state index >= 15 is 0 Å². The lowest BCUT2D eigenvalue weighted by molar-refractivity contribution is 0.384. The Morgan fingerprint density at radius 2 is 1.94 bits per heavy atom. The molecule has 0 spiro atoms. The summed E-state index contributed by atoms with van der Waals surface area (Å²) in [5.41, 5.74) is 13.3. The zero-order valence-electron chi connectivity index (χ0n) is 10.4. The lowest BCUT2D eigenvalue weighted by Gasteiger charge is -2.21. The molecule has 0 aromatic heterocycles. The second-order valence-corrected chi connectivity index (χ2v) is 4.24. The van der Waals surface area contributed by atoms with Gasteiger partial charge >= 0.3 is 0 Å². The van der Waals surface area contributed by atoms with Crippen LogP contribution in [0, 0.1) is 0 Å². The molecular weight excluding hydrogens is 218 g/mol. The third kappa shape index (κ3) is 2.22. The van der Waals surface area contributed by atoms with Gasteiger partial charge in [0.1, 0.15) is 11.5 Å². The molecule has 5 nitrogen and oxygen atoms in total. The molecule has 1 saturated heterocycles.